The van der Waals surface area contributed by atoms with Crippen LogP contribution >= 0.6 is 0 Å². The molecule has 1 nitrogen and oxygen atoms in total. The van der Waals surface area contributed by atoms with Crippen molar-refractivity contribution in [2.24, 2.45) is 0 Å². The highest BCUT2D eigenvalue weighted by molar-refractivity contribution is 5.45. The number of allylic oxidation sites excluding steroid dienone is 7. The van der Waals surface area contributed by atoms with E-state index in [1.165, 1.54) is 22.4 Å². The molecule has 0 radical (unpaired) electrons. The summed E-state index contributed by atoms with van der Waals surface area (Å²) in [5, 5.41) is 3.53. The first kappa shape index (κ1) is 13.4. The maximum atomic E-state index is 3.78. The molecule has 0 saturated carbocycles. The molecule has 1 aromatic carbocycles. The molecule has 1 aliphatic carbocycles. The van der Waals surface area contributed by atoms with Gasteiger partial charge < -0.3 is 5.32 Å². The lowest BCUT2D eigenvalue weighted by Crippen LogP contribution is -2.15. The summed E-state index contributed by atoms with van der Waals surface area (Å²) in [5.41, 5.74) is 5.32. The zero-order chi connectivity index (χ0) is 13.5. The Morgan fingerprint density at radius 1 is 1.21 bits per heavy atom. The summed E-state index contributed by atoms with van der Waals surface area (Å²) in [5.74, 6) is 0. The fourth-order valence-electron chi connectivity index (χ4n) is 2.31. The second-order valence-corrected chi connectivity index (χ2v) is 4.68. The first-order valence-electron chi connectivity index (χ1n) is 6.80. The van der Waals surface area contributed by atoms with Gasteiger partial charge in [0.2, 0.25) is 0 Å². The normalized spacial score (nSPS) is 19.3. The number of benzene rings is 1. The van der Waals surface area contributed by atoms with E-state index in [9.17, 15) is 0 Å². The van der Waals surface area contributed by atoms with Crippen molar-refractivity contribution in [2.75, 3.05) is 0 Å². The molecule has 1 heteroatoms. The molecule has 0 atom stereocenters. The Kier molecular flexibility index (Phi) is 4.79. The Bertz CT molecular complexity index is 518. The van der Waals surface area contributed by atoms with Crippen molar-refractivity contribution in [3.63, 3.8) is 0 Å². The Morgan fingerprint density at radius 2 is 2.00 bits per heavy atom. The molecule has 0 bridgehead atoms. The standard InChI is InChI=1S/C18H21N/c1-3-8-17-11-12-18(13-16(17)4-2)19-14-15-9-6-5-7-10-15/h3-10,13,19H,1,11-12,14H2,2H3/b16-4-,17-8-. The van der Waals surface area contributed by atoms with Crippen LogP contribution in [-0.2, 0) is 6.54 Å². The minimum atomic E-state index is 0.893. The molecule has 0 heterocycles. The van der Waals surface area contributed by atoms with Gasteiger partial charge in [-0.05, 0) is 42.6 Å². The van der Waals surface area contributed by atoms with Crippen molar-refractivity contribution in [1.29, 1.82) is 0 Å². The summed E-state index contributed by atoms with van der Waals surface area (Å²) in [6, 6.07) is 10.5. The third-order valence-corrected chi connectivity index (χ3v) is 3.36. The first-order chi connectivity index (χ1) is 9.33. The maximum Gasteiger partial charge on any atom is 0.0397 e. The van der Waals surface area contributed by atoms with E-state index in [1.54, 1.807) is 0 Å². The Morgan fingerprint density at radius 3 is 2.68 bits per heavy atom. The minimum absolute atomic E-state index is 0.893. The van der Waals surface area contributed by atoms with Crippen molar-refractivity contribution in [2.45, 2.75) is 26.3 Å². The van der Waals surface area contributed by atoms with Gasteiger partial charge in [-0.25, -0.2) is 0 Å². The molecule has 0 unspecified atom stereocenters. The third-order valence-electron chi connectivity index (χ3n) is 3.36. The van der Waals surface area contributed by atoms with Crippen LogP contribution < -0.4 is 5.32 Å². The molecule has 1 aliphatic rings. The number of hydrogen-bond donors (Lipinski definition) is 1. The second kappa shape index (κ2) is 6.79. The zero-order valence-electron chi connectivity index (χ0n) is 11.5. The van der Waals surface area contributed by atoms with Gasteiger partial charge in [-0.1, -0.05) is 55.1 Å². The van der Waals surface area contributed by atoms with Crippen LogP contribution in [0.25, 0.3) is 0 Å². The van der Waals surface area contributed by atoms with Gasteiger partial charge in [0, 0.05) is 12.2 Å². The van der Waals surface area contributed by atoms with Gasteiger partial charge in [-0.15, -0.1) is 0 Å². The third kappa shape index (κ3) is 3.72. The van der Waals surface area contributed by atoms with Gasteiger partial charge >= 0.3 is 0 Å². The Hall–Kier alpha value is -2.02. The van der Waals surface area contributed by atoms with Crippen molar-refractivity contribution in [1.82, 2.24) is 5.32 Å². The minimum Gasteiger partial charge on any atom is -0.384 e. The highest BCUT2D eigenvalue weighted by atomic mass is 14.9. The van der Waals surface area contributed by atoms with Crippen LogP contribution in [0.1, 0.15) is 25.3 Å². The van der Waals surface area contributed by atoms with E-state index >= 15 is 0 Å². The van der Waals surface area contributed by atoms with Gasteiger partial charge in [0.05, 0.1) is 0 Å². The molecule has 1 aromatic rings. The average Bonchev–Trinajstić information content (AvgIpc) is 2.47. The van der Waals surface area contributed by atoms with Crippen molar-refractivity contribution in [3.8, 4) is 0 Å². The van der Waals surface area contributed by atoms with Gasteiger partial charge in [0.15, 0.2) is 0 Å². The average molecular weight is 251 g/mol. The molecule has 0 spiro atoms. The second-order valence-electron chi connectivity index (χ2n) is 4.68. The molecule has 0 fully saturated rings. The summed E-state index contributed by atoms with van der Waals surface area (Å²) in [4.78, 5) is 0. The van der Waals surface area contributed by atoms with E-state index in [0.717, 1.165) is 19.4 Å². The van der Waals surface area contributed by atoms with Crippen LogP contribution in [0, 0.1) is 0 Å². The summed E-state index contributed by atoms with van der Waals surface area (Å²) in [6.45, 7) is 6.76. The quantitative estimate of drug-likeness (QED) is 0.830. The van der Waals surface area contributed by atoms with Gasteiger partial charge in [0.25, 0.3) is 0 Å². The molecule has 2 rings (SSSR count). The number of rotatable bonds is 4. The van der Waals surface area contributed by atoms with Gasteiger partial charge in [-0.2, -0.15) is 0 Å². The fourth-order valence-corrected chi connectivity index (χ4v) is 2.31. The molecule has 19 heavy (non-hydrogen) atoms. The van der Waals surface area contributed by atoms with E-state index < -0.39 is 0 Å². The van der Waals surface area contributed by atoms with Crippen LogP contribution in [0.15, 0.2) is 78.1 Å². The fraction of sp³-hybridized carbons (Fsp3) is 0.222. The monoisotopic (exact) mass is 251 g/mol. The highest BCUT2D eigenvalue weighted by Gasteiger charge is 2.11. The molecule has 0 aromatic heterocycles. The first-order valence-corrected chi connectivity index (χ1v) is 6.80. The van der Waals surface area contributed by atoms with E-state index in [-0.39, 0.29) is 0 Å². The van der Waals surface area contributed by atoms with Crippen LogP contribution in [0.5, 0.6) is 0 Å². The van der Waals surface area contributed by atoms with E-state index in [0.29, 0.717) is 0 Å². The molecule has 0 aliphatic heterocycles. The summed E-state index contributed by atoms with van der Waals surface area (Å²) < 4.78 is 0. The molecular weight excluding hydrogens is 230 g/mol. The molecule has 1 N–H and O–H groups in total. The van der Waals surface area contributed by atoms with Gasteiger partial charge in [-0.3, -0.25) is 0 Å². The largest absolute Gasteiger partial charge is 0.384 e. The van der Waals surface area contributed by atoms with Crippen LogP contribution in [0.4, 0.5) is 0 Å². The number of nitrogens with one attached hydrogen (secondary N) is 1. The molecule has 0 saturated heterocycles. The lowest BCUT2D eigenvalue weighted by Gasteiger charge is -2.19. The Balaban J connectivity index is 2.02. The predicted octanol–water partition coefficient (Wildman–Crippen LogP) is 4.51. The van der Waals surface area contributed by atoms with Gasteiger partial charge in [0.1, 0.15) is 0 Å². The van der Waals surface area contributed by atoms with Crippen molar-refractivity contribution < 1.29 is 0 Å². The van der Waals surface area contributed by atoms with Crippen LogP contribution in [0.3, 0.4) is 0 Å². The lowest BCUT2D eigenvalue weighted by molar-refractivity contribution is 0.732. The SMILES string of the molecule is C=C/C=C1/CCC(NCc2ccccc2)=C/C1=C/C. The maximum absolute atomic E-state index is 3.78. The zero-order valence-corrected chi connectivity index (χ0v) is 11.5. The van der Waals surface area contributed by atoms with Crippen LogP contribution in [-0.4, -0.2) is 0 Å². The van der Waals surface area contributed by atoms with E-state index in [1.807, 2.05) is 12.1 Å². The van der Waals surface area contributed by atoms with Crippen molar-refractivity contribution in [3.05, 3.63) is 83.6 Å². The Labute approximate surface area is 116 Å². The highest BCUT2D eigenvalue weighted by Crippen LogP contribution is 2.26. The van der Waals surface area contributed by atoms with Crippen LogP contribution in [0.2, 0.25) is 0 Å². The molecule has 0 amide bonds. The predicted molar refractivity (Wildman–Crippen MR) is 82.6 cm³/mol. The van der Waals surface area contributed by atoms with Crippen molar-refractivity contribution >= 4 is 0 Å². The lowest BCUT2D eigenvalue weighted by atomic mass is 9.92. The summed E-state index contributed by atoms with van der Waals surface area (Å²) >= 11 is 0. The summed E-state index contributed by atoms with van der Waals surface area (Å²) in [7, 11) is 0. The molecular formula is C18H21N. The van der Waals surface area contributed by atoms with E-state index in [2.05, 4.69) is 61.3 Å². The topological polar surface area (TPSA) is 12.0 Å². The summed E-state index contributed by atoms with van der Waals surface area (Å²) in [6.07, 6.45) is 10.6. The number of hydrogen-bond acceptors (Lipinski definition) is 1. The molecule has 98 valence electrons. The smallest absolute Gasteiger partial charge is 0.0397 e. The van der Waals surface area contributed by atoms with E-state index in [4.69, 9.17) is 0 Å².